The zero-order valence-electron chi connectivity index (χ0n) is 13.8. The monoisotopic (exact) mass is 327 g/mol. The Labute approximate surface area is 141 Å². The van der Waals surface area contributed by atoms with Gasteiger partial charge < -0.3 is 15.2 Å². The van der Waals surface area contributed by atoms with Crippen LogP contribution in [0.2, 0.25) is 0 Å². The molecule has 24 heavy (non-hydrogen) atoms. The van der Waals surface area contributed by atoms with Gasteiger partial charge in [-0.05, 0) is 43.2 Å². The molecule has 0 aliphatic heterocycles. The first-order chi connectivity index (χ1) is 11.5. The highest BCUT2D eigenvalue weighted by Crippen LogP contribution is 2.16. The van der Waals surface area contributed by atoms with E-state index in [1.807, 2.05) is 37.3 Å². The van der Waals surface area contributed by atoms with Gasteiger partial charge in [-0.2, -0.15) is 0 Å². The lowest BCUT2D eigenvalue weighted by Crippen LogP contribution is -2.29. The summed E-state index contributed by atoms with van der Waals surface area (Å²) in [7, 11) is 0. The fourth-order valence-electron chi connectivity index (χ4n) is 2.47. The van der Waals surface area contributed by atoms with E-state index in [4.69, 9.17) is 9.84 Å². The van der Waals surface area contributed by atoms with Crippen LogP contribution in [0.4, 0.5) is 0 Å². The number of aryl methyl sites for hydroxylation is 1. The number of carbonyl (C=O) groups excluding carboxylic acids is 1. The summed E-state index contributed by atoms with van der Waals surface area (Å²) in [6.07, 6.45) is -0.246. The number of hydrogen-bond acceptors (Lipinski definition) is 3. The topological polar surface area (TPSA) is 75.6 Å². The van der Waals surface area contributed by atoms with Crippen LogP contribution in [0.5, 0.6) is 0 Å². The van der Waals surface area contributed by atoms with Crippen LogP contribution in [-0.2, 0) is 4.74 Å². The number of amides is 1. The number of carboxylic acids is 1. The first-order valence-electron chi connectivity index (χ1n) is 7.81. The van der Waals surface area contributed by atoms with E-state index in [0.717, 1.165) is 11.1 Å². The highest BCUT2D eigenvalue weighted by Gasteiger charge is 2.15. The maximum Gasteiger partial charge on any atom is 0.335 e. The minimum absolute atomic E-state index is 0.101. The van der Waals surface area contributed by atoms with E-state index in [1.54, 1.807) is 13.0 Å². The number of rotatable bonds is 7. The van der Waals surface area contributed by atoms with Crippen LogP contribution in [-0.4, -0.2) is 30.1 Å². The van der Waals surface area contributed by atoms with Gasteiger partial charge in [0.15, 0.2) is 0 Å². The molecular formula is C19H21NO4. The lowest BCUT2D eigenvalue weighted by Gasteiger charge is -2.18. The number of benzene rings is 2. The molecule has 0 aromatic heterocycles. The number of carboxylic acid groups (broad SMARTS) is 1. The zero-order valence-corrected chi connectivity index (χ0v) is 13.8. The molecule has 5 heteroatoms. The molecule has 2 aromatic carbocycles. The molecule has 0 heterocycles. The van der Waals surface area contributed by atoms with Gasteiger partial charge in [0.05, 0.1) is 11.7 Å². The summed E-state index contributed by atoms with van der Waals surface area (Å²) in [4.78, 5) is 23.5. The molecule has 0 saturated carbocycles. The molecule has 5 nitrogen and oxygen atoms in total. The van der Waals surface area contributed by atoms with E-state index < -0.39 is 5.97 Å². The second-order valence-corrected chi connectivity index (χ2v) is 5.46. The molecule has 0 radical (unpaired) electrons. The number of ether oxygens (including phenoxy) is 1. The molecule has 2 rings (SSSR count). The Morgan fingerprint density at radius 3 is 2.42 bits per heavy atom. The normalized spacial score (nSPS) is 11.8. The van der Waals surface area contributed by atoms with E-state index in [0.29, 0.717) is 18.7 Å². The highest BCUT2D eigenvalue weighted by atomic mass is 16.5. The van der Waals surface area contributed by atoms with Gasteiger partial charge in [-0.1, -0.05) is 30.3 Å². The van der Waals surface area contributed by atoms with Crippen molar-refractivity contribution in [2.45, 2.75) is 20.0 Å². The second-order valence-electron chi connectivity index (χ2n) is 5.46. The Morgan fingerprint density at radius 1 is 1.12 bits per heavy atom. The Bertz CT molecular complexity index is 713. The number of aromatic carboxylic acids is 1. The van der Waals surface area contributed by atoms with Crippen LogP contribution in [0, 0.1) is 6.92 Å². The zero-order chi connectivity index (χ0) is 17.5. The van der Waals surface area contributed by atoms with E-state index in [2.05, 4.69) is 5.32 Å². The van der Waals surface area contributed by atoms with Crippen LogP contribution in [0.1, 0.15) is 44.9 Å². The lowest BCUT2D eigenvalue weighted by molar-refractivity contribution is 0.0586. The summed E-state index contributed by atoms with van der Waals surface area (Å²) in [5.41, 5.74) is 2.14. The first kappa shape index (κ1) is 17.7. The fraction of sp³-hybridized carbons (Fsp3) is 0.263. The van der Waals surface area contributed by atoms with Crippen LogP contribution >= 0.6 is 0 Å². The molecule has 0 saturated heterocycles. The van der Waals surface area contributed by atoms with Gasteiger partial charge in [0.1, 0.15) is 0 Å². The predicted molar refractivity (Wildman–Crippen MR) is 91.3 cm³/mol. The Balaban J connectivity index is 2.10. The summed E-state index contributed by atoms with van der Waals surface area (Å²) in [6, 6.07) is 14.2. The molecule has 0 aliphatic carbocycles. The Morgan fingerprint density at radius 2 is 1.79 bits per heavy atom. The third-order valence-electron chi connectivity index (χ3n) is 3.57. The van der Waals surface area contributed by atoms with E-state index in [1.165, 1.54) is 12.1 Å². The Kier molecular flexibility index (Phi) is 6.09. The minimum Gasteiger partial charge on any atom is -0.478 e. The van der Waals surface area contributed by atoms with E-state index in [-0.39, 0.29) is 17.6 Å². The van der Waals surface area contributed by atoms with Crippen LogP contribution in [0.3, 0.4) is 0 Å². The summed E-state index contributed by atoms with van der Waals surface area (Å²) >= 11 is 0. The SMILES string of the molecule is CCOC(CNC(=O)c1cc(C)cc(C(=O)O)c1)c1ccccc1. The molecule has 1 amide bonds. The van der Waals surface area contributed by atoms with Gasteiger partial charge in [0.25, 0.3) is 5.91 Å². The van der Waals surface area contributed by atoms with E-state index in [9.17, 15) is 9.59 Å². The minimum atomic E-state index is -1.05. The lowest BCUT2D eigenvalue weighted by atomic mass is 10.1. The van der Waals surface area contributed by atoms with Crippen molar-refractivity contribution in [3.63, 3.8) is 0 Å². The smallest absolute Gasteiger partial charge is 0.335 e. The summed E-state index contributed by atoms with van der Waals surface area (Å²) < 4.78 is 5.69. The van der Waals surface area contributed by atoms with Crippen molar-refractivity contribution < 1.29 is 19.4 Å². The van der Waals surface area contributed by atoms with Gasteiger partial charge in [-0.15, -0.1) is 0 Å². The molecular weight excluding hydrogens is 306 g/mol. The van der Waals surface area contributed by atoms with Crippen LogP contribution < -0.4 is 5.32 Å². The highest BCUT2D eigenvalue weighted by molar-refractivity contribution is 5.97. The third-order valence-corrected chi connectivity index (χ3v) is 3.57. The maximum absolute atomic E-state index is 12.4. The van der Waals surface area contributed by atoms with Crippen molar-refractivity contribution in [2.24, 2.45) is 0 Å². The average Bonchev–Trinajstić information content (AvgIpc) is 2.58. The molecule has 2 aromatic rings. The van der Waals surface area contributed by atoms with Gasteiger partial charge >= 0.3 is 5.97 Å². The molecule has 1 unspecified atom stereocenters. The van der Waals surface area contributed by atoms with Crippen LogP contribution in [0.15, 0.2) is 48.5 Å². The fourth-order valence-corrected chi connectivity index (χ4v) is 2.47. The molecule has 0 bridgehead atoms. The van der Waals surface area contributed by atoms with Gasteiger partial charge in [-0.3, -0.25) is 4.79 Å². The van der Waals surface area contributed by atoms with Crippen molar-refractivity contribution in [3.05, 3.63) is 70.8 Å². The number of hydrogen-bond donors (Lipinski definition) is 2. The molecule has 0 fully saturated rings. The largest absolute Gasteiger partial charge is 0.478 e. The van der Waals surface area contributed by atoms with Crippen molar-refractivity contribution >= 4 is 11.9 Å². The Hall–Kier alpha value is -2.66. The van der Waals surface area contributed by atoms with E-state index >= 15 is 0 Å². The van der Waals surface area contributed by atoms with Crippen molar-refractivity contribution in [1.29, 1.82) is 0 Å². The number of carbonyl (C=O) groups is 2. The van der Waals surface area contributed by atoms with Crippen LogP contribution in [0.25, 0.3) is 0 Å². The predicted octanol–water partition coefficient (Wildman–Crippen LogP) is 3.20. The third kappa shape index (κ3) is 4.67. The van der Waals surface area contributed by atoms with Crippen molar-refractivity contribution in [3.8, 4) is 0 Å². The maximum atomic E-state index is 12.4. The van der Waals surface area contributed by atoms with Gasteiger partial charge in [0, 0.05) is 18.7 Å². The average molecular weight is 327 g/mol. The van der Waals surface area contributed by atoms with Crippen molar-refractivity contribution in [1.82, 2.24) is 5.32 Å². The summed E-state index contributed by atoms with van der Waals surface area (Å²) in [5.74, 6) is -1.37. The summed E-state index contributed by atoms with van der Waals surface area (Å²) in [5, 5.41) is 11.9. The molecule has 0 aliphatic rings. The molecule has 0 spiro atoms. The standard InChI is InChI=1S/C19H21NO4/c1-3-24-17(14-7-5-4-6-8-14)12-20-18(21)15-9-13(2)10-16(11-15)19(22)23/h4-11,17H,3,12H2,1-2H3,(H,20,21)(H,22,23). The first-order valence-corrected chi connectivity index (χ1v) is 7.81. The van der Waals surface area contributed by atoms with Crippen molar-refractivity contribution in [2.75, 3.05) is 13.2 Å². The second kappa shape index (κ2) is 8.26. The van der Waals surface area contributed by atoms with Gasteiger partial charge in [-0.25, -0.2) is 4.79 Å². The van der Waals surface area contributed by atoms with Gasteiger partial charge in [0.2, 0.25) is 0 Å². The molecule has 1 atom stereocenters. The molecule has 126 valence electrons. The quantitative estimate of drug-likeness (QED) is 0.819. The summed E-state index contributed by atoms with van der Waals surface area (Å²) in [6.45, 7) is 4.50. The molecule has 2 N–H and O–H groups in total. The number of nitrogens with one attached hydrogen (secondary N) is 1.